The van der Waals surface area contributed by atoms with E-state index < -0.39 is 24.1 Å². The predicted octanol–water partition coefficient (Wildman–Crippen LogP) is 4.02. The van der Waals surface area contributed by atoms with Gasteiger partial charge in [0.05, 0.1) is 23.5 Å². The maximum Gasteiger partial charge on any atom is 0.573 e. The van der Waals surface area contributed by atoms with Crippen LogP contribution < -0.4 is 15.4 Å². The van der Waals surface area contributed by atoms with Crippen LogP contribution in [0.1, 0.15) is 53.5 Å². The van der Waals surface area contributed by atoms with Crippen LogP contribution in [-0.2, 0) is 0 Å². The fourth-order valence-corrected chi connectivity index (χ4v) is 3.31. The Morgan fingerprint density at radius 3 is 2.55 bits per heavy atom. The second-order valence-electron chi connectivity index (χ2n) is 7.46. The van der Waals surface area contributed by atoms with Gasteiger partial charge in [0, 0.05) is 12.6 Å². The van der Waals surface area contributed by atoms with Gasteiger partial charge in [-0.3, -0.25) is 4.79 Å². The number of hydrogen-bond donors (Lipinski definition) is 2. The SMILES string of the molecule is CNc1nc([C@H](C)NC(=O)c2cc(OC(F)(F)F)cc(C3CC3)c2)n(-c2ncc(Cl)cn2)n1. The highest BCUT2D eigenvalue weighted by atomic mass is 35.5. The summed E-state index contributed by atoms with van der Waals surface area (Å²) in [5.74, 6) is -0.147. The first kappa shape index (κ1) is 22.8. The number of aromatic nitrogens is 5. The van der Waals surface area contributed by atoms with E-state index in [-0.39, 0.29) is 23.4 Å². The molecule has 1 saturated carbocycles. The molecule has 0 bridgehead atoms. The van der Waals surface area contributed by atoms with E-state index in [9.17, 15) is 18.0 Å². The molecular formula is C20H19ClF3N7O2. The van der Waals surface area contributed by atoms with E-state index in [0.29, 0.717) is 16.4 Å². The van der Waals surface area contributed by atoms with Crippen molar-refractivity contribution >= 4 is 23.5 Å². The standard InChI is InChI=1S/C20H19ClF3N7O2/c1-10(16-29-18(25-2)30-31(16)19-26-8-14(21)9-27-19)28-17(32)13-5-12(11-3-4-11)6-15(7-13)33-20(22,23)24/h5-11H,3-4H2,1-2H3,(H,25,30)(H,28,32)/t10-/m0/s1. The first-order valence-electron chi connectivity index (χ1n) is 9.97. The van der Waals surface area contributed by atoms with Crippen molar-refractivity contribution in [2.45, 2.75) is 38.1 Å². The molecule has 13 heteroatoms. The van der Waals surface area contributed by atoms with Gasteiger partial charge >= 0.3 is 6.36 Å². The lowest BCUT2D eigenvalue weighted by molar-refractivity contribution is -0.274. The van der Waals surface area contributed by atoms with E-state index >= 15 is 0 Å². The fourth-order valence-electron chi connectivity index (χ4n) is 3.21. The largest absolute Gasteiger partial charge is 0.573 e. The molecule has 174 valence electrons. The number of hydrogen-bond acceptors (Lipinski definition) is 7. The Morgan fingerprint density at radius 1 is 1.24 bits per heavy atom. The van der Waals surface area contributed by atoms with Gasteiger partial charge in [-0.2, -0.15) is 9.67 Å². The van der Waals surface area contributed by atoms with Gasteiger partial charge in [0.1, 0.15) is 5.75 Å². The summed E-state index contributed by atoms with van der Waals surface area (Å²) in [6, 6.07) is 3.27. The maximum absolute atomic E-state index is 12.9. The van der Waals surface area contributed by atoms with Crippen molar-refractivity contribution in [3.8, 4) is 11.7 Å². The quantitative estimate of drug-likeness (QED) is 0.525. The molecule has 0 unspecified atom stereocenters. The molecule has 0 spiro atoms. The molecule has 1 amide bonds. The van der Waals surface area contributed by atoms with Crippen LogP contribution in [0.25, 0.3) is 5.95 Å². The Bertz CT molecular complexity index is 1160. The Labute approximate surface area is 191 Å². The zero-order chi connectivity index (χ0) is 23.8. The minimum atomic E-state index is -4.86. The number of amides is 1. The molecule has 3 aromatic rings. The number of rotatable bonds is 7. The van der Waals surface area contributed by atoms with Crippen molar-refractivity contribution in [1.82, 2.24) is 30.0 Å². The van der Waals surface area contributed by atoms with E-state index in [1.807, 2.05) is 0 Å². The average Bonchev–Trinajstić information content (AvgIpc) is 3.51. The summed E-state index contributed by atoms with van der Waals surface area (Å²) in [5.41, 5.74) is 0.679. The molecule has 1 fully saturated rings. The molecular weight excluding hydrogens is 463 g/mol. The van der Waals surface area contributed by atoms with Crippen LogP contribution in [0, 0.1) is 0 Å². The van der Waals surface area contributed by atoms with E-state index in [1.165, 1.54) is 23.1 Å². The fraction of sp³-hybridized carbons (Fsp3) is 0.350. The summed E-state index contributed by atoms with van der Waals surface area (Å²) in [6.45, 7) is 1.66. The summed E-state index contributed by atoms with van der Waals surface area (Å²) >= 11 is 5.84. The number of carbonyl (C=O) groups is 1. The number of ether oxygens (including phenoxy) is 1. The Morgan fingerprint density at radius 2 is 1.94 bits per heavy atom. The van der Waals surface area contributed by atoms with E-state index in [2.05, 4.69) is 35.4 Å². The van der Waals surface area contributed by atoms with Crippen molar-refractivity contribution in [3.05, 3.63) is 52.6 Å². The number of benzene rings is 1. The van der Waals surface area contributed by atoms with Crippen molar-refractivity contribution in [2.75, 3.05) is 12.4 Å². The molecule has 0 saturated heterocycles. The monoisotopic (exact) mass is 481 g/mol. The number of nitrogens with zero attached hydrogens (tertiary/aromatic N) is 5. The van der Waals surface area contributed by atoms with Gasteiger partial charge in [0.25, 0.3) is 11.9 Å². The lowest BCUT2D eigenvalue weighted by atomic mass is 10.1. The van der Waals surface area contributed by atoms with Gasteiger partial charge < -0.3 is 15.4 Å². The lowest BCUT2D eigenvalue weighted by Crippen LogP contribution is -2.29. The van der Waals surface area contributed by atoms with Crippen LogP contribution in [0.3, 0.4) is 0 Å². The molecule has 33 heavy (non-hydrogen) atoms. The minimum absolute atomic E-state index is 0.0492. The van der Waals surface area contributed by atoms with Crippen LogP contribution >= 0.6 is 11.6 Å². The normalized spacial score (nSPS) is 14.6. The van der Waals surface area contributed by atoms with Gasteiger partial charge in [-0.15, -0.1) is 18.3 Å². The number of alkyl halides is 3. The van der Waals surface area contributed by atoms with Gasteiger partial charge in [0.15, 0.2) is 5.82 Å². The van der Waals surface area contributed by atoms with Gasteiger partial charge in [-0.1, -0.05) is 11.6 Å². The summed E-state index contributed by atoms with van der Waals surface area (Å²) in [4.78, 5) is 25.5. The second kappa shape index (κ2) is 8.85. The van der Waals surface area contributed by atoms with Gasteiger partial charge in [-0.05, 0) is 49.4 Å². The summed E-state index contributed by atoms with van der Waals surface area (Å²) in [5, 5.41) is 10.1. The van der Waals surface area contributed by atoms with Crippen molar-refractivity contribution in [2.24, 2.45) is 0 Å². The predicted molar refractivity (Wildman–Crippen MR) is 112 cm³/mol. The Hall–Kier alpha value is -3.41. The van der Waals surface area contributed by atoms with E-state index in [0.717, 1.165) is 18.9 Å². The third-order valence-electron chi connectivity index (χ3n) is 4.86. The zero-order valence-corrected chi connectivity index (χ0v) is 18.3. The number of anilines is 1. The van der Waals surface area contributed by atoms with Crippen molar-refractivity contribution in [3.63, 3.8) is 0 Å². The molecule has 2 N–H and O–H groups in total. The molecule has 9 nitrogen and oxygen atoms in total. The molecule has 1 aromatic carbocycles. The van der Waals surface area contributed by atoms with Crippen LogP contribution in [-0.4, -0.2) is 44.0 Å². The smallest absolute Gasteiger partial charge is 0.406 e. The summed E-state index contributed by atoms with van der Waals surface area (Å²) < 4.78 is 43.7. The molecule has 1 atom stereocenters. The molecule has 2 heterocycles. The maximum atomic E-state index is 12.9. The van der Waals surface area contributed by atoms with Crippen molar-refractivity contribution < 1.29 is 22.7 Å². The topological polar surface area (TPSA) is 107 Å². The first-order valence-corrected chi connectivity index (χ1v) is 10.3. The van der Waals surface area contributed by atoms with Crippen LogP contribution in [0.2, 0.25) is 5.02 Å². The summed E-state index contributed by atoms with van der Waals surface area (Å²) in [6.07, 6.45) is -0.373. The second-order valence-corrected chi connectivity index (χ2v) is 7.90. The molecule has 2 aromatic heterocycles. The average molecular weight is 482 g/mol. The highest BCUT2D eigenvalue weighted by molar-refractivity contribution is 6.30. The number of nitrogens with one attached hydrogen (secondary N) is 2. The van der Waals surface area contributed by atoms with Gasteiger partial charge in [0.2, 0.25) is 5.95 Å². The minimum Gasteiger partial charge on any atom is -0.406 e. The molecule has 4 rings (SSSR count). The van der Waals surface area contributed by atoms with E-state index in [4.69, 9.17) is 11.6 Å². The Kier molecular flexibility index (Phi) is 6.11. The third kappa shape index (κ3) is 5.51. The highest BCUT2D eigenvalue weighted by Crippen LogP contribution is 2.42. The molecule has 1 aliphatic carbocycles. The number of carbonyl (C=O) groups excluding carboxylic acids is 1. The van der Waals surface area contributed by atoms with Crippen LogP contribution in [0.4, 0.5) is 19.1 Å². The lowest BCUT2D eigenvalue weighted by Gasteiger charge is -2.16. The third-order valence-corrected chi connectivity index (χ3v) is 5.06. The highest BCUT2D eigenvalue weighted by Gasteiger charge is 2.33. The van der Waals surface area contributed by atoms with Crippen LogP contribution in [0.15, 0.2) is 30.6 Å². The molecule has 0 radical (unpaired) electrons. The summed E-state index contributed by atoms with van der Waals surface area (Å²) in [7, 11) is 1.63. The number of halogens is 4. The Balaban J connectivity index is 1.60. The first-order chi connectivity index (χ1) is 15.6. The van der Waals surface area contributed by atoms with E-state index in [1.54, 1.807) is 20.0 Å². The molecule has 1 aliphatic rings. The zero-order valence-electron chi connectivity index (χ0n) is 17.5. The van der Waals surface area contributed by atoms with Gasteiger partial charge in [-0.25, -0.2) is 9.97 Å². The van der Waals surface area contributed by atoms with Crippen LogP contribution in [0.5, 0.6) is 5.75 Å². The molecule has 0 aliphatic heterocycles. The van der Waals surface area contributed by atoms with Crippen molar-refractivity contribution in [1.29, 1.82) is 0 Å².